The van der Waals surface area contributed by atoms with Gasteiger partial charge < -0.3 is 4.52 Å². The lowest BCUT2D eigenvalue weighted by Crippen LogP contribution is -2.29. The lowest BCUT2D eigenvalue weighted by atomic mass is 10.0. The molecule has 0 amide bonds. The smallest absolute Gasteiger partial charge is 0.242 e. The third-order valence-corrected chi connectivity index (χ3v) is 5.47. The van der Waals surface area contributed by atoms with Crippen LogP contribution in [0.4, 0.5) is 0 Å². The van der Waals surface area contributed by atoms with Gasteiger partial charge in [-0.05, 0) is 44.9 Å². The van der Waals surface area contributed by atoms with Crippen molar-refractivity contribution in [2.24, 2.45) is 0 Å². The first-order valence-corrected chi connectivity index (χ1v) is 8.83. The molecule has 1 atom stereocenters. The molecule has 120 valence electrons. The maximum atomic E-state index is 12.6. The highest BCUT2D eigenvalue weighted by Crippen LogP contribution is 2.28. The van der Waals surface area contributed by atoms with E-state index >= 15 is 0 Å². The Morgan fingerprint density at radius 2 is 2.00 bits per heavy atom. The highest BCUT2D eigenvalue weighted by molar-refractivity contribution is 7.89. The molecule has 1 aromatic heterocycles. The van der Waals surface area contributed by atoms with Crippen LogP contribution in [0.5, 0.6) is 0 Å². The maximum absolute atomic E-state index is 12.6. The van der Waals surface area contributed by atoms with Gasteiger partial charge in [0.15, 0.2) is 0 Å². The van der Waals surface area contributed by atoms with Crippen molar-refractivity contribution in [3.8, 4) is 0 Å². The number of rotatable bonds is 5. The normalized spacial score (nSPS) is 13.3. The molecule has 0 saturated carbocycles. The maximum Gasteiger partial charge on any atom is 0.242 e. The van der Waals surface area contributed by atoms with Crippen LogP contribution in [0, 0.1) is 20.8 Å². The summed E-state index contributed by atoms with van der Waals surface area (Å²) in [5.74, 6) is 0.613. The number of halogens is 1. The predicted octanol–water partition coefficient (Wildman–Crippen LogP) is 3.68. The largest absolute Gasteiger partial charge is 0.361 e. The van der Waals surface area contributed by atoms with Crippen LogP contribution in [0.25, 0.3) is 0 Å². The van der Waals surface area contributed by atoms with Gasteiger partial charge in [-0.3, -0.25) is 0 Å². The molecule has 5 nitrogen and oxygen atoms in total. The Bertz CT molecular complexity index is 765. The van der Waals surface area contributed by atoms with E-state index in [2.05, 4.69) is 9.88 Å². The Hall–Kier alpha value is -1.37. The monoisotopic (exact) mass is 342 g/mol. The number of hydrogen-bond acceptors (Lipinski definition) is 4. The highest BCUT2D eigenvalue weighted by atomic mass is 35.5. The van der Waals surface area contributed by atoms with Gasteiger partial charge in [0.1, 0.15) is 10.7 Å². The summed E-state index contributed by atoms with van der Waals surface area (Å²) in [5, 5.41) is 4.08. The molecule has 0 radical (unpaired) electrons. The first kappa shape index (κ1) is 17.0. The van der Waals surface area contributed by atoms with E-state index in [1.807, 2.05) is 13.8 Å². The van der Waals surface area contributed by atoms with Gasteiger partial charge in [-0.15, -0.1) is 0 Å². The second kappa shape index (κ2) is 6.40. The highest BCUT2D eigenvalue weighted by Gasteiger charge is 2.26. The minimum absolute atomic E-state index is 0.0828. The van der Waals surface area contributed by atoms with Crippen molar-refractivity contribution in [3.63, 3.8) is 0 Å². The SMILES string of the molecule is CCC(NS(=O)(=O)c1cc(C)ccc1Cl)c1c(C)noc1C. The van der Waals surface area contributed by atoms with Crippen molar-refractivity contribution in [1.82, 2.24) is 9.88 Å². The van der Waals surface area contributed by atoms with Crippen molar-refractivity contribution < 1.29 is 12.9 Å². The average Bonchev–Trinajstić information content (AvgIpc) is 2.78. The molecule has 2 aromatic rings. The second-order valence-corrected chi connectivity index (χ2v) is 7.34. The quantitative estimate of drug-likeness (QED) is 0.899. The summed E-state index contributed by atoms with van der Waals surface area (Å²) in [6.45, 7) is 7.28. The molecule has 1 unspecified atom stereocenters. The van der Waals surface area contributed by atoms with E-state index in [9.17, 15) is 8.42 Å². The van der Waals surface area contributed by atoms with Crippen molar-refractivity contribution in [2.45, 2.75) is 45.1 Å². The fraction of sp³-hybridized carbons (Fsp3) is 0.400. The third-order valence-electron chi connectivity index (χ3n) is 3.52. The van der Waals surface area contributed by atoms with Crippen LogP contribution in [-0.4, -0.2) is 13.6 Å². The molecule has 0 aliphatic heterocycles. The lowest BCUT2D eigenvalue weighted by molar-refractivity contribution is 0.390. The molecule has 0 aliphatic carbocycles. The van der Waals surface area contributed by atoms with Crippen LogP contribution < -0.4 is 4.72 Å². The molecule has 1 heterocycles. The minimum Gasteiger partial charge on any atom is -0.361 e. The Balaban J connectivity index is 2.40. The van der Waals surface area contributed by atoms with Crippen LogP contribution >= 0.6 is 11.6 Å². The van der Waals surface area contributed by atoms with E-state index in [0.29, 0.717) is 17.9 Å². The molecule has 0 bridgehead atoms. The molecular weight excluding hydrogens is 324 g/mol. The van der Waals surface area contributed by atoms with Crippen molar-refractivity contribution >= 4 is 21.6 Å². The number of nitrogens with one attached hydrogen (secondary N) is 1. The third kappa shape index (κ3) is 3.34. The van der Waals surface area contributed by atoms with E-state index in [1.54, 1.807) is 32.0 Å². The molecular formula is C15H19ClN2O3S. The van der Waals surface area contributed by atoms with Gasteiger partial charge in [0.25, 0.3) is 0 Å². The number of aryl methyl sites for hydroxylation is 3. The Morgan fingerprint density at radius 1 is 1.32 bits per heavy atom. The van der Waals surface area contributed by atoms with Gasteiger partial charge in [-0.25, -0.2) is 13.1 Å². The minimum atomic E-state index is -3.74. The van der Waals surface area contributed by atoms with Crippen LogP contribution in [0.1, 0.15) is 42.0 Å². The zero-order valence-corrected chi connectivity index (χ0v) is 14.5. The number of hydrogen-bond donors (Lipinski definition) is 1. The van der Waals surface area contributed by atoms with Gasteiger partial charge in [0.2, 0.25) is 10.0 Å². The number of benzene rings is 1. The zero-order chi connectivity index (χ0) is 16.5. The topological polar surface area (TPSA) is 72.2 Å². The van der Waals surface area contributed by atoms with Crippen molar-refractivity contribution in [3.05, 3.63) is 45.8 Å². The van der Waals surface area contributed by atoms with E-state index in [4.69, 9.17) is 16.1 Å². The Labute approximate surface area is 135 Å². The van der Waals surface area contributed by atoms with E-state index < -0.39 is 16.1 Å². The van der Waals surface area contributed by atoms with Crippen LogP contribution in [0.15, 0.2) is 27.6 Å². The van der Waals surface area contributed by atoms with Crippen LogP contribution in [-0.2, 0) is 10.0 Å². The van der Waals surface area contributed by atoms with Crippen LogP contribution in [0.3, 0.4) is 0 Å². The van der Waals surface area contributed by atoms with Gasteiger partial charge >= 0.3 is 0 Å². The number of sulfonamides is 1. The molecule has 2 rings (SSSR count). The van der Waals surface area contributed by atoms with E-state index in [1.165, 1.54) is 0 Å². The van der Waals surface area contributed by atoms with Gasteiger partial charge in [0.05, 0.1) is 16.8 Å². The number of aromatic nitrogens is 1. The first-order chi connectivity index (χ1) is 10.3. The van der Waals surface area contributed by atoms with Gasteiger partial charge in [-0.1, -0.05) is 29.7 Å². The first-order valence-electron chi connectivity index (χ1n) is 6.97. The fourth-order valence-corrected chi connectivity index (χ4v) is 4.28. The molecule has 0 spiro atoms. The summed E-state index contributed by atoms with van der Waals surface area (Å²) in [4.78, 5) is 0.0828. The molecule has 0 saturated heterocycles. The summed E-state index contributed by atoms with van der Waals surface area (Å²) < 4.78 is 33.1. The fourth-order valence-electron chi connectivity index (χ4n) is 2.40. The second-order valence-electron chi connectivity index (χ2n) is 5.25. The summed E-state index contributed by atoms with van der Waals surface area (Å²) in [6.07, 6.45) is 0.575. The Kier molecular flexibility index (Phi) is 4.94. The molecule has 0 aliphatic rings. The molecule has 7 heteroatoms. The lowest BCUT2D eigenvalue weighted by Gasteiger charge is -2.18. The van der Waals surface area contributed by atoms with Gasteiger partial charge in [-0.2, -0.15) is 0 Å². The standard InChI is InChI=1S/C15H19ClN2O3S/c1-5-13(15-10(3)17-21-11(15)4)18-22(19,20)14-8-9(2)6-7-12(14)16/h6-8,13,18H,5H2,1-4H3. The van der Waals surface area contributed by atoms with Crippen LogP contribution in [0.2, 0.25) is 5.02 Å². The van der Waals surface area contributed by atoms with Crippen molar-refractivity contribution in [2.75, 3.05) is 0 Å². The Morgan fingerprint density at radius 3 is 2.55 bits per heavy atom. The summed E-state index contributed by atoms with van der Waals surface area (Å²) >= 11 is 6.04. The summed E-state index contributed by atoms with van der Waals surface area (Å²) in [5.41, 5.74) is 2.28. The average molecular weight is 343 g/mol. The molecule has 0 fully saturated rings. The summed E-state index contributed by atoms with van der Waals surface area (Å²) in [7, 11) is -3.74. The molecule has 1 aromatic carbocycles. The predicted molar refractivity (Wildman–Crippen MR) is 85.5 cm³/mol. The zero-order valence-electron chi connectivity index (χ0n) is 13.0. The van der Waals surface area contributed by atoms with Crippen molar-refractivity contribution in [1.29, 1.82) is 0 Å². The van der Waals surface area contributed by atoms with Gasteiger partial charge in [0, 0.05) is 5.56 Å². The molecule has 1 N–H and O–H groups in total. The van der Waals surface area contributed by atoms with E-state index in [-0.39, 0.29) is 9.92 Å². The van der Waals surface area contributed by atoms with E-state index in [0.717, 1.165) is 11.1 Å². The number of nitrogens with zero attached hydrogens (tertiary/aromatic N) is 1. The summed E-state index contributed by atoms with van der Waals surface area (Å²) in [6, 6.07) is 4.51. The molecule has 22 heavy (non-hydrogen) atoms.